The fourth-order valence-corrected chi connectivity index (χ4v) is 2.60. The van der Waals surface area contributed by atoms with E-state index in [0.717, 1.165) is 35.8 Å². The van der Waals surface area contributed by atoms with E-state index in [4.69, 9.17) is 10.5 Å². The minimum Gasteiger partial charge on any atom is -0.397 e. The molecule has 3 aromatic heterocycles. The summed E-state index contributed by atoms with van der Waals surface area (Å²) in [7, 11) is 1.74. The van der Waals surface area contributed by atoms with Gasteiger partial charge in [-0.1, -0.05) is 0 Å². The number of aromatic nitrogens is 4. The Hall–Kier alpha value is -2.67. The van der Waals surface area contributed by atoms with E-state index < -0.39 is 0 Å². The van der Waals surface area contributed by atoms with Gasteiger partial charge < -0.3 is 15.4 Å². The zero-order valence-electron chi connectivity index (χ0n) is 12.2. The van der Waals surface area contributed by atoms with Crippen molar-refractivity contribution in [3.63, 3.8) is 0 Å². The third-order valence-electron chi connectivity index (χ3n) is 3.91. The van der Waals surface area contributed by atoms with Crippen LogP contribution in [0.25, 0.3) is 16.9 Å². The number of nitrogens with two attached hydrogens (primary N) is 1. The highest BCUT2D eigenvalue weighted by atomic mass is 16.5. The van der Waals surface area contributed by atoms with Gasteiger partial charge in [0.15, 0.2) is 5.65 Å². The second kappa shape index (κ2) is 4.96. The first-order valence-corrected chi connectivity index (χ1v) is 7.08. The molecule has 0 aliphatic carbocycles. The summed E-state index contributed by atoms with van der Waals surface area (Å²) in [5.41, 5.74) is 9.00. The van der Waals surface area contributed by atoms with Crippen LogP contribution >= 0.6 is 0 Å². The molecule has 0 radical (unpaired) electrons. The molecule has 0 atom stereocenters. The van der Waals surface area contributed by atoms with Crippen LogP contribution in [0, 0.1) is 0 Å². The first kappa shape index (κ1) is 13.0. The smallest absolute Gasteiger partial charge is 0.154 e. The summed E-state index contributed by atoms with van der Waals surface area (Å²) >= 11 is 0. The van der Waals surface area contributed by atoms with Gasteiger partial charge in [-0.05, 0) is 18.2 Å². The molecule has 4 heterocycles. The van der Waals surface area contributed by atoms with Crippen LogP contribution in [0.15, 0.2) is 36.8 Å². The van der Waals surface area contributed by atoms with Crippen LogP contribution in [0.1, 0.15) is 0 Å². The molecule has 112 valence electrons. The third kappa shape index (κ3) is 2.06. The lowest BCUT2D eigenvalue weighted by Crippen LogP contribution is -2.52. The highest BCUT2D eigenvalue weighted by molar-refractivity contribution is 5.66. The third-order valence-corrected chi connectivity index (χ3v) is 3.91. The predicted octanol–water partition coefficient (Wildman–Crippen LogP) is 1.21. The van der Waals surface area contributed by atoms with Gasteiger partial charge in [0.25, 0.3) is 0 Å². The van der Waals surface area contributed by atoms with E-state index in [1.54, 1.807) is 25.7 Å². The van der Waals surface area contributed by atoms with Crippen molar-refractivity contribution >= 4 is 17.2 Å². The monoisotopic (exact) mass is 296 g/mol. The number of anilines is 2. The standard InChI is InChI=1S/C15H16N6O/c1-22-12-8-20(9-12)15-3-2-14-18-7-13(21(14)19-15)10-4-11(16)6-17-5-10/h2-7,12H,8-9,16H2,1H3. The average Bonchev–Trinajstić information content (AvgIpc) is 2.89. The van der Waals surface area contributed by atoms with Crippen LogP contribution in [0.3, 0.4) is 0 Å². The van der Waals surface area contributed by atoms with Crippen LogP contribution in [-0.2, 0) is 4.74 Å². The number of nitrogen functional groups attached to an aromatic ring is 1. The fraction of sp³-hybridized carbons (Fsp3) is 0.267. The second-order valence-corrected chi connectivity index (χ2v) is 5.37. The number of rotatable bonds is 3. The van der Waals surface area contributed by atoms with Crippen LogP contribution < -0.4 is 10.6 Å². The lowest BCUT2D eigenvalue weighted by molar-refractivity contribution is 0.0782. The maximum absolute atomic E-state index is 5.81. The topological polar surface area (TPSA) is 81.6 Å². The summed E-state index contributed by atoms with van der Waals surface area (Å²) in [5.74, 6) is 0.914. The Bertz CT molecular complexity index is 824. The van der Waals surface area contributed by atoms with Crippen molar-refractivity contribution in [2.45, 2.75) is 6.10 Å². The van der Waals surface area contributed by atoms with Crippen molar-refractivity contribution in [1.82, 2.24) is 19.6 Å². The van der Waals surface area contributed by atoms with Crippen molar-refractivity contribution in [2.24, 2.45) is 0 Å². The number of nitrogens with zero attached hydrogens (tertiary/aromatic N) is 5. The summed E-state index contributed by atoms with van der Waals surface area (Å²) in [6.07, 6.45) is 5.46. The number of ether oxygens (including phenoxy) is 1. The quantitative estimate of drug-likeness (QED) is 0.782. The molecular formula is C15H16N6O. The Kier molecular flexibility index (Phi) is 2.93. The van der Waals surface area contributed by atoms with E-state index in [-0.39, 0.29) is 6.10 Å². The van der Waals surface area contributed by atoms with Gasteiger partial charge in [0.05, 0.1) is 23.7 Å². The van der Waals surface area contributed by atoms with Gasteiger partial charge in [-0.2, -0.15) is 0 Å². The average molecular weight is 296 g/mol. The van der Waals surface area contributed by atoms with Gasteiger partial charge in [-0.25, -0.2) is 9.50 Å². The van der Waals surface area contributed by atoms with E-state index in [9.17, 15) is 0 Å². The molecule has 0 bridgehead atoms. The molecule has 7 nitrogen and oxygen atoms in total. The lowest BCUT2D eigenvalue weighted by Gasteiger charge is -2.38. The molecule has 22 heavy (non-hydrogen) atoms. The molecule has 1 fully saturated rings. The number of pyridine rings is 1. The van der Waals surface area contributed by atoms with Crippen molar-refractivity contribution in [1.29, 1.82) is 0 Å². The molecule has 3 aromatic rings. The summed E-state index contributed by atoms with van der Waals surface area (Å²) in [6, 6.07) is 5.82. The van der Waals surface area contributed by atoms with Crippen LogP contribution in [-0.4, -0.2) is 45.9 Å². The highest BCUT2D eigenvalue weighted by Gasteiger charge is 2.27. The summed E-state index contributed by atoms with van der Waals surface area (Å²) < 4.78 is 7.13. The molecule has 7 heteroatoms. The van der Waals surface area contributed by atoms with Crippen LogP contribution in [0.2, 0.25) is 0 Å². The van der Waals surface area contributed by atoms with Crippen LogP contribution in [0.4, 0.5) is 11.5 Å². The fourth-order valence-electron chi connectivity index (χ4n) is 2.60. The molecule has 1 aliphatic heterocycles. The maximum Gasteiger partial charge on any atom is 0.154 e. The Morgan fingerprint density at radius 3 is 2.86 bits per heavy atom. The van der Waals surface area contributed by atoms with Crippen LogP contribution in [0.5, 0.6) is 0 Å². The van der Waals surface area contributed by atoms with Gasteiger partial charge in [-0.15, -0.1) is 5.10 Å². The van der Waals surface area contributed by atoms with E-state index in [2.05, 4.69) is 20.0 Å². The number of imidazole rings is 1. The molecule has 0 saturated carbocycles. The summed E-state index contributed by atoms with van der Waals surface area (Å²) in [4.78, 5) is 10.7. The molecular weight excluding hydrogens is 280 g/mol. The minimum atomic E-state index is 0.290. The Balaban J connectivity index is 1.74. The lowest BCUT2D eigenvalue weighted by atomic mass is 10.2. The Labute approximate surface area is 127 Å². The van der Waals surface area contributed by atoms with Gasteiger partial charge in [0, 0.05) is 38.2 Å². The van der Waals surface area contributed by atoms with E-state index >= 15 is 0 Å². The zero-order chi connectivity index (χ0) is 15.1. The first-order chi connectivity index (χ1) is 10.7. The SMILES string of the molecule is COC1CN(c2ccc3ncc(-c4cncc(N)c4)n3n2)C1. The van der Waals surface area contributed by atoms with Gasteiger partial charge in [0.1, 0.15) is 5.82 Å². The molecule has 0 spiro atoms. The largest absolute Gasteiger partial charge is 0.397 e. The van der Waals surface area contributed by atoms with E-state index in [1.165, 1.54) is 0 Å². The summed E-state index contributed by atoms with van der Waals surface area (Å²) in [5, 5.41) is 4.69. The molecule has 4 rings (SSSR count). The van der Waals surface area contributed by atoms with Crippen molar-refractivity contribution in [3.05, 3.63) is 36.8 Å². The number of methoxy groups -OCH3 is 1. The number of fused-ring (bicyclic) bond motifs is 1. The first-order valence-electron chi connectivity index (χ1n) is 7.08. The van der Waals surface area contributed by atoms with Gasteiger partial charge in [0.2, 0.25) is 0 Å². The number of hydrogen-bond donors (Lipinski definition) is 1. The normalized spacial score (nSPS) is 15.2. The Morgan fingerprint density at radius 1 is 1.23 bits per heavy atom. The molecule has 0 aromatic carbocycles. The maximum atomic E-state index is 5.81. The minimum absolute atomic E-state index is 0.290. The zero-order valence-corrected chi connectivity index (χ0v) is 12.2. The predicted molar refractivity (Wildman–Crippen MR) is 83.6 cm³/mol. The Morgan fingerprint density at radius 2 is 2.09 bits per heavy atom. The highest BCUT2D eigenvalue weighted by Crippen LogP contribution is 2.24. The van der Waals surface area contributed by atoms with Gasteiger partial charge >= 0.3 is 0 Å². The van der Waals surface area contributed by atoms with Gasteiger partial charge in [-0.3, -0.25) is 4.98 Å². The molecule has 0 unspecified atom stereocenters. The molecule has 1 saturated heterocycles. The van der Waals surface area contributed by atoms with Crippen molar-refractivity contribution in [2.75, 3.05) is 30.8 Å². The molecule has 1 aliphatic rings. The van der Waals surface area contributed by atoms with E-state index in [1.807, 2.05) is 22.7 Å². The second-order valence-electron chi connectivity index (χ2n) is 5.37. The van der Waals surface area contributed by atoms with Crippen molar-refractivity contribution in [3.8, 4) is 11.3 Å². The van der Waals surface area contributed by atoms with E-state index in [0.29, 0.717) is 5.69 Å². The number of hydrogen-bond acceptors (Lipinski definition) is 6. The molecule has 0 amide bonds. The molecule has 2 N–H and O–H groups in total. The van der Waals surface area contributed by atoms with Crippen molar-refractivity contribution < 1.29 is 4.74 Å². The summed E-state index contributed by atoms with van der Waals surface area (Å²) in [6.45, 7) is 1.72.